The van der Waals surface area contributed by atoms with Crippen molar-refractivity contribution in [2.24, 2.45) is 0 Å². The van der Waals surface area contributed by atoms with Gasteiger partial charge in [-0.2, -0.15) is 4.98 Å². The van der Waals surface area contributed by atoms with Gasteiger partial charge in [0, 0.05) is 79.1 Å². The Labute approximate surface area is 347 Å². The molecule has 2 aromatic heterocycles. The maximum absolute atomic E-state index is 15.3. The Morgan fingerprint density at radius 1 is 1.03 bits per heavy atom. The summed E-state index contributed by atoms with van der Waals surface area (Å²) in [4.78, 5) is 61.6. The number of nitrogen functional groups attached to an aromatic ring is 1. The second-order valence-electron chi connectivity index (χ2n) is 15.4. The van der Waals surface area contributed by atoms with Gasteiger partial charge in [0.1, 0.15) is 23.7 Å². The number of amides is 4. The van der Waals surface area contributed by atoms with E-state index >= 15 is 4.39 Å². The molecule has 1 aliphatic heterocycles. The van der Waals surface area contributed by atoms with Crippen molar-refractivity contribution in [3.05, 3.63) is 118 Å². The zero-order chi connectivity index (χ0) is 43.1. The third-order valence-electron chi connectivity index (χ3n) is 10.4. The number of nitrogens with two attached hydrogens (primary N) is 1. The number of rotatable bonds is 13. The van der Waals surface area contributed by atoms with Crippen LogP contribution >= 0.6 is 0 Å². The van der Waals surface area contributed by atoms with Gasteiger partial charge in [-0.05, 0) is 60.2 Å². The van der Waals surface area contributed by atoms with Crippen molar-refractivity contribution in [3.63, 3.8) is 0 Å². The van der Waals surface area contributed by atoms with Crippen LogP contribution in [0.25, 0.3) is 11.1 Å². The Morgan fingerprint density at radius 2 is 1.75 bits per heavy atom. The van der Waals surface area contributed by atoms with E-state index in [1.54, 1.807) is 41.4 Å². The van der Waals surface area contributed by atoms with Crippen LogP contribution in [-0.4, -0.2) is 83.7 Å². The Kier molecular flexibility index (Phi) is 13.0. The van der Waals surface area contributed by atoms with E-state index in [2.05, 4.69) is 37.9 Å². The molecule has 0 spiro atoms. The molecule has 1 saturated heterocycles. The molecular formula is C44H48FN9O6. The molecule has 0 aliphatic carbocycles. The minimum absolute atomic E-state index is 0.0117. The van der Waals surface area contributed by atoms with Crippen molar-refractivity contribution in [3.8, 4) is 16.9 Å². The van der Waals surface area contributed by atoms with Crippen molar-refractivity contribution in [2.75, 3.05) is 44.4 Å². The molecule has 0 bridgehead atoms. The molecule has 312 valence electrons. The molecule has 3 heterocycles. The first-order chi connectivity index (χ1) is 28.7. The third-order valence-corrected chi connectivity index (χ3v) is 10.4. The Bertz CT molecular complexity index is 2400. The predicted octanol–water partition coefficient (Wildman–Crippen LogP) is 6.26. The second kappa shape index (κ2) is 18.3. The number of likely N-dealkylation sites (tertiary alicyclic amines) is 1. The summed E-state index contributed by atoms with van der Waals surface area (Å²) in [6, 6.07) is 18.7. The number of benzene rings is 3. The summed E-state index contributed by atoms with van der Waals surface area (Å²) in [5, 5.41) is 17.9. The molecule has 15 nitrogen and oxygen atoms in total. The first-order valence-corrected chi connectivity index (χ1v) is 19.5. The second-order valence-corrected chi connectivity index (χ2v) is 15.4. The summed E-state index contributed by atoms with van der Waals surface area (Å²) < 4.78 is 25.8. The van der Waals surface area contributed by atoms with Crippen LogP contribution in [0.2, 0.25) is 0 Å². The standard InChI is InChI=1S/C44H48FN9O6/c1-44(2,3)42-51-40(60-52-42)39(56)50-24-31-12-11-29(22-34(31)45)37(46)33-21-32(25-49-38(33)47)27-9-7-26(8-10-27)28-15-18-53(19-16-28)41(57)30-13-14-36(59-5)35(23-30)54(17-6-20-55)43(58)48-4/h7-14,20-23,25,28,46H,6,15-19,24H2,1-5H3,(H2,47,49)(H,48,58)(H,50,56). The highest BCUT2D eigenvalue weighted by Crippen LogP contribution is 2.34. The van der Waals surface area contributed by atoms with Crippen molar-refractivity contribution in [2.45, 2.75) is 57.9 Å². The Morgan fingerprint density at radius 3 is 2.38 bits per heavy atom. The number of aldehydes is 1. The van der Waals surface area contributed by atoms with Gasteiger partial charge in [0.2, 0.25) is 0 Å². The third kappa shape index (κ3) is 9.49. The number of aromatic nitrogens is 3. The number of piperidine rings is 1. The van der Waals surface area contributed by atoms with Gasteiger partial charge < -0.3 is 35.3 Å². The first-order valence-electron chi connectivity index (χ1n) is 19.5. The van der Waals surface area contributed by atoms with Crippen molar-refractivity contribution >= 4 is 41.3 Å². The fourth-order valence-electron chi connectivity index (χ4n) is 6.93. The summed E-state index contributed by atoms with van der Waals surface area (Å²) in [6.45, 7) is 6.75. The van der Waals surface area contributed by atoms with Gasteiger partial charge in [0.05, 0.1) is 18.5 Å². The summed E-state index contributed by atoms with van der Waals surface area (Å²) in [5.74, 6) is -0.472. The number of anilines is 2. The number of carbonyl (C=O) groups excluding carboxylic acids is 4. The number of hydrogen-bond acceptors (Lipinski definition) is 11. The largest absolute Gasteiger partial charge is 0.495 e. The maximum Gasteiger partial charge on any atom is 0.321 e. The van der Waals surface area contributed by atoms with Gasteiger partial charge in [-0.25, -0.2) is 14.2 Å². The quantitative estimate of drug-likeness (QED) is 0.0774. The van der Waals surface area contributed by atoms with Crippen LogP contribution in [0.1, 0.15) is 95.1 Å². The van der Waals surface area contributed by atoms with Gasteiger partial charge in [-0.15, -0.1) is 0 Å². The molecular weight excluding hydrogens is 770 g/mol. The number of halogens is 1. The van der Waals surface area contributed by atoms with Gasteiger partial charge >= 0.3 is 17.8 Å². The molecule has 3 aromatic carbocycles. The van der Waals surface area contributed by atoms with E-state index in [1.165, 1.54) is 31.2 Å². The topological polar surface area (TPSA) is 210 Å². The SMILES string of the molecule is CNC(=O)N(CCC=O)c1cc(C(=O)N2CCC(c3ccc(-c4cnc(N)c(C(=N)c5ccc(CNC(=O)c6nc(C(C)(C)C)no6)c(F)c5)c4)cc3)CC2)ccc1OC. The number of urea groups is 1. The maximum atomic E-state index is 15.3. The molecule has 16 heteroatoms. The molecule has 1 fully saturated rings. The van der Waals surface area contributed by atoms with Crippen LogP contribution in [0.3, 0.4) is 0 Å². The van der Waals surface area contributed by atoms with Crippen molar-refractivity contribution < 1.29 is 32.8 Å². The molecule has 4 amide bonds. The lowest BCUT2D eigenvalue weighted by Crippen LogP contribution is -2.40. The Hall–Kier alpha value is -6.97. The van der Waals surface area contributed by atoms with Crippen LogP contribution in [-0.2, 0) is 16.8 Å². The molecule has 1 aliphatic rings. The van der Waals surface area contributed by atoms with E-state index in [-0.39, 0.29) is 59.9 Å². The summed E-state index contributed by atoms with van der Waals surface area (Å²) >= 11 is 0. The molecule has 60 heavy (non-hydrogen) atoms. The van der Waals surface area contributed by atoms with Gasteiger partial charge in [-0.1, -0.05) is 62.3 Å². The molecule has 0 atom stereocenters. The van der Waals surface area contributed by atoms with E-state index in [1.807, 2.05) is 32.9 Å². The smallest absolute Gasteiger partial charge is 0.321 e. The average Bonchev–Trinajstić information content (AvgIpc) is 3.78. The lowest BCUT2D eigenvalue weighted by molar-refractivity contribution is -0.107. The van der Waals surface area contributed by atoms with E-state index in [9.17, 15) is 19.2 Å². The van der Waals surface area contributed by atoms with Gasteiger partial charge in [-0.3, -0.25) is 19.9 Å². The van der Waals surface area contributed by atoms with E-state index in [4.69, 9.17) is 20.4 Å². The average molecular weight is 818 g/mol. The van der Waals surface area contributed by atoms with Crippen molar-refractivity contribution in [1.82, 2.24) is 30.7 Å². The van der Waals surface area contributed by atoms with Gasteiger partial charge in [0.25, 0.3) is 5.91 Å². The number of carbonyl (C=O) groups is 4. The Balaban J connectivity index is 1.08. The van der Waals surface area contributed by atoms with Crippen LogP contribution in [0.5, 0.6) is 5.75 Å². The number of nitrogens with zero attached hydrogens (tertiary/aromatic N) is 5. The highest BCUT2D eigenvalue weighted by Gasteiger charge is 2.28. The zero-order valence-electron chi connectivity index (χ0n) is 34.2. The van der Waals surface area contributed by atoms with Gasteiger partial charge in [0.15, 0.2) is 5.82 Å². The number of nitrogens with one attached hydrogen (secondary N) is 3. The fourth-order valence-corrected chi connectivity index (χ4v) is 6.93. The summed E-state index contributed by atoms with van der Waals surface area (Å²) in [7, 11) is 2.98. The van der Waals surface area contributed by atoms with Crippen LogP contribution < -0.4 is 26.0 Å². The van der Waals surface area contributed by atoms with Crippen LogP contribution in [0.4, 0.5) is 20.7 Å². The summed E-state index contributed by atoms with van der Waals surface area (Å²) in [5.41, 5.74) is 10.2. The highest BCUT2D eigenvalue weighted by molar-refractivity contribution is 6.14. The number of pyridine rings is 1. The zero-order valence-corrected chi connectivity index (χ0v) is 34.2. The van der Waals surface area contributed by atoms with Crippen LogP contribution in [0.15, 0.2) is 77.4 Å². The minimum atomic E-state index is -0.627. The highest BCUT2D eigenvalue weighted by atomic mass is 19.1. The lowest BCUT2D eigenvalue weighted by atomic mass is 9.88. The molecule has 0 unspecified atom stereocenters. The van der Waals surface area contributed by atoms with E-state index in [0.29, 0.717) is 41.5 Å². The minimum Gasteiger partial charge on any atom is -0.495 e. The molecule has 5 aromatic rings. The van der Waals surface area contributed by atoms with Crippen molar-refractivity contribution in [1.29, 1.82) is 5.41 Å². The predicted molar refractivity (Wildman–Crippen MR) is 224 cm³/mol. The van der Waals surface area contributed by atoms with E-state index in [0.717, 1.165) is 35.8 Å². The fraction of sp³-hybridized carbons (Fsp3) is 0.318. The molecule has 6 rings (SSSR count). The monoisotopic (exact) mass is 817 g/mol. The lowest BCUT2D eigenvalue weighted by Gasteiger charge is -2.33. The number of methoxy groups -OCH3 is 1. The first kappa shape index (κ1) is 42.6. The van der Waals surface area contributed by atoms with E-state index < -0.39 is 23.2 Å². The normalized spacial score (nSPS) is 13.1. The van der Waals surface area contributed by atoms with Crippen LogP contribution in [0, 0.1) is 11.2 Å². The number of hydrogen-bond donors (Lipinski definition) is 4. The molecule has 0 saturated carbocycles. The number of ether oxygens (including phenoxy) is 1. The molecule has 0 radical (unpaired) electrons. The summed E-state index contributed by atoms with van der Waals surface area (Å²) in [6.07, 6.45) is 3.99. The molecule has 5 N–H and O–H groups in total.